The maximum atomic E-state index is 6.27. The van der Waals surface area contributed by atoms with E-state index in [4.69, 9.17) is 14.9 Å². The summed E-state index contributed by atoms with van der Waals surface area (Å²) in [6, 6.07) is 8.09. The standard InChI is InChI=1S/C15H19NO2/c16-14(8-7-11-4-3-9-17-11)13-10-18-15-6-2-1-5-12(13)15/h1-2,5-6,10-11,14H,3-4,7-9,16H2. The second kappa shape index (κ2) is 5.12. The molecule has 0 aliphatic carbocycles. The third-order valence-corrected chi connectivity index (χ3v) is 3.73. The van der Waals surface area contributed by atoms with Crippen molar-refractivity contribution >= 4 is 11.0 Å². The zero-order chi connectivity index (χ0) is 12.4. The van der Waals surface area contributed by atoms with Crippen LogP contribution < -0.4 is 5.73 Å². The van der Waals surface area contributed by atoms with Crippen molar-refractivity contribution in [1.82, 2.24) is 0 Å². The number of benzene rings is 1. The molecule has 2 atom stereocenters. The van der Waals surface area contributed by atoms with Gasteiger partial charge in [0.2, 0.25) is 0 Å². The minimum absolute atomic E-state index is 0.0397. The molecule has 2 heterocycles. The van der Waals surface area contributed by atoms with Crippen LogP contribution in [0.5, 0.6) is 0 Å². The topological polar surface area (TPSA) is 48.4 Å². The molecule has 3 rings (SSSR count). The molecule has 2 N–H and O–H groups in total. The van der Waals surface area contributed by atoms with Crippen LogP contribution >= 0.6 is 0 Å². The van der Waals surface area contributed by atoms with Crippen molar-refractivity contribution in [3.8, 4) is 0 Å². The molecule has 0 spiro atoms. The number of nitrogens with two attached hydrogens (primary N) is 1. The Balaban J connectivity index is 1.69. The summed E-state index contributed by atoms with van der Waals surface area (Å²) in [5, 5.41) is 1.14. The first kappa shape index (κ1) is 11.8. The maximum absolute atomic E-state index is 6.27. The summed E-state index contributed by atoms with van der Waals surface area (Å²) in [5.74, 6) is 0. The van der Waals surface area contributed by atoms with Crippen molar-refractivity contribution in [1.29, 1.82) is 0 Å². The average Bonchev–Trinajstić information content (AvgIpc) is 3.05. The smallest absolute Gasteiger partial charge is 0.134 e. The zero-order valence-electron chi connectivity index (χ0n) is 10.5. The number of fused-ring (bicyclic) bond motifs is 1. The maximum Gasteiger partial charge on any atom is 0.134 e. The van der Waals surface area contributed by atoms with Crippen LogP contribution in [0, 0.1) is 0 Å². The van der Waals surface area contributed by atoms with E-state index < -0.39 is 0 Å². The largest absolute Gasteiger partial charge is 0.464 e. The summed E-state index contributed by atoms with van der Waals surface area (Å²) in [7, 11) is 0. The molecule has 1 aromatic heterocycles. The molecule has 1 aromatic carbocycles. The first-order valence-corrected chi connectivity index (χ1v) is 6.68. The highest BCUT2D eigenvalue weighted by Gasteiger charge is 2.18. The molecular weight excluding hydrogens is 226 g/mol. The van der Waals surface area contributed by atoms with E-state index in [1.165, 1.54) is 12.8 Å². The molecule has 1 fully saturated rings. The SMILES string of the molecule is NC(CCC1CCCO1)c1coc2ccccc12. The number of hydrogen-bond donors (Lipinski definition) is 1. The van der Waals surface area contributed by atoms with E-state index >= 15 is 0 Å². The Morgan fingerprint density at radius 1 is 1.33 bits per heavy atom. The lowest BCUT2D eigenvalue weighted by Gasteiger charge is -2.13. The molecule has 2 aromatic rings. The fourth-order valence-corrected chi connectivity index (χ4v) is 2.68. The van der Waals surface area contributed by atoms with Gasteiger partial charge in [-0.3, -0.25) is 0 Å². The van der Waals surface area contributed by atoms with Crippen molar-refractivity contribution in [2.24, 2.45) is 5.73 Å². The molecule has 3 heteroatoms. The van der Waals surface area contributed by atoms with Crippen molar-refractivity contribution in [3.63, 3.8) is 0 Å². The van der Waals surface area contributed by atoms with Gasteiger partial charge >= 0.3 is 0 Å². The van der Waals surface area contributed by atoms with E-state index in [1.54, 1.807) is 6.26 Å². The highest BCUT2D eigenvalue weighted by atomic mass is 16.5. The van der Waals surface area contributed by atoms with Crippen LogP contribution in [0.15, 0.2) is 34.9 Å². The monoisotopic (exact) mass is 245 g/mol. The van der Waals surface area contributed by atoms with Crippen LogP contribution in [0.4, 0.5) is 0 Å². The van der Waals surface area contributed by atoms with Crippen molar-refractivity contribution in [3.05, 3.63) is 36.1 Å². The van der Waals surface area contributed by atoms with E-state index in [2.05, 4.69) is 6.07 Å². The summed E-state index contributed by atoms with van der Waals surface area (Å²) in [6.07, 6.45) is 6.57. The van der Waals surface area contributed by atoms with Gasteiger partial charge in [-0.15, -0.1) is 0 Å². The molecule has 0 radical (unpaired) electrons. The van der Waals surface area contributed by atoms with Gasteiger partial charge in [-0.2, -0.15) is 0 Å². The van der Waals surface area contributed by atoms with Crippen LogP contribution in [-0.2, 0) is 4.74 Å². The predicted octanol–water partition coefficient (Wildman–Crippen LogP) is 3.39. The summed E-state index contributed by atoms with van der Waals surface area (Å²) in [4.78, 5) is 0. The minimum atomic E-state index is 0.0397. The molecule has 1 saturated heterocycles. The highest BCUT2D eigenvalue weighted by molar-refractivity contribution is 5.81. The second-order valence-corrected chi connectivity index (χ2v) is 5.01. The van der Waals surface area contributed by atoms with Gasteiger partial charge in [0.25, 0.3) is 0 Å². The van der Waals surface area contributed by atoms with Gasteiger partial charge in [-0.1, -0.05) is 18.2 Å². The summed E-state index contributed by atoms with van der Waals surface area (Å²) < 4.78 is 11.2. The lowest BCUT2D eigenvalue weighted by Crippen LogP contribution is -2.14. The lowest BCUT2D eigenvalue weighted by molar-refractivity contribution is 0.101. The number of ether oxygens (including phenoxy) is 1. The Morgan fingerprint density at radius 3 is 3.06 bits per heavy atom. The Labute approximate surface area is 107 Å². The molecule has 0 saturated carbocycles. The van der Waals surface area contributed by atoms with Crippen LogP contribution in [0.3, 0.4) is 0 Å². The third kappa shape index (κ3) is 2.28. The Hall–Kier alpha value is -1.32. The molecular formula is C15H19NO2. The molecule has 0 amide bonds. The van der Waals surface area contributed by atoms with Crippen molar-refractivity contribution in [2.75, 3.05) is 6.61 Å². The summed E-state index contributed by atoms with van der Waals surface area (Å²) in [6.45, 7) is 0.911. The van der Waals surface area contributed by atoms with E-state index in [0.29, 0.717) is 6.10 Å². The number of hydrogen-bond acceptors (Lipinski definition) is 3. The lowest BCUT2D eigenvalue weighted by atomic mass is 9.99. The fourth-order valence-electron chi connectivity index (χ4n) is 2.68. The predicted molar refractivity (Wildman–Crippen MR) is 71.4 cm³/mol. The van der Waals surface area contributed by atoms with Gasteiger partial charge in [0.15, 0.2) is 0 Å². The zero-order valence-corrected chi connectivity index (χ0v) is 10.5. The first-order valence-electron chi connectivity index (χ1n) is 6.68. The average molecular weight is 245 g/mol. The number of rotatable bonds is 4. The van der Waals surface area contributed by atoms with Crippen molar-refractivity contribution in [2.45, 2.75) is 37.8 Å². The third-order valence-electron chi connectivity index (χ3n) is 3.73. The van der Waals surface area contributed by atoms with E-state index in [1.807, 2.05) is 18.2 Å². The molecule has 0 bridgehead atoms. The van der Waals surface area contributed by atoms with Crippen LogP contribution in [0.2, 0.25) is 0 Å². The molecule has 18 heavy (non-hydrogen) atoms. The van der Waals surface area contributed by atoms with Gasteiger partial charge in [0.05, 0.1) is 12.4 Å². The number of para-hydroxylation sites is 1. The van der Waals surface area contributed by atoms with E-state index in [9.17, 15) is 0 Å². The fraction of sp³-hybridized carbons (Fsp3) is 0.467. The van der Waals surface area contributed by atoms with Gasteiger partial charge in [-0.05, 0) is 31.7 Å². The first-order chi connectivity index (χ1) is 8.84. The molecule has 1 aliphatic heterocycles. The highest BCUT2D eigenvalue weighted by Crippen LogP contribution is 2.29. The van der Waals surface area contributed by atoms with E-state index in [-0.39, 0.29) is 6.04 Å². The van der Waals surface area contributed by atoms with Crippen LogP contribution in [0.25, 0.3) is 11.0 Å². The summed E-state index contributed by atoms with van der Waals surface area (Å²) >= 11 is 0. The normalized spacial score (nSPS) is 21.5. The second-order valence-electron chi connectivity index (χ2n) is 5.01. The van der Waals surface area contributed by atoms with Gasteiger partial charge < -0.3 is 14.9 Å². The van der Waals surface area contributed by atoms with Gasteiger partial charge in [0.1, 0.15) is 5.58 Å². The minimum Gasteiger partial charge on any atom is -0.464 e. The quantitative estimate of drug-likeness (QED) is 0.898. The summed E-state index contributed by atoms with van der Waals surface area (Å²) in [5.41, 5.74) is 8.30. The van der Waals surface area contributed by atoms with Gasteiger partial charge in [-0.25, -0.2) is 0 Å². The Bertz CT molecular complexity index is 514. The molecule has 2 unspecified atom stereocenters. The molecule has 3 nitrogen and oxygen atoms in total. The molecule has 96 valence electrons. The molecule has 1 aliphatic rings. The van der Waals surface area contributed by atoms with Crippen LogP contribution in [0.1, 0.15) is 37.3 Å². The van der Waals surface area contributed by atoms with Crippen LogP contribution in [-0.4, -0.2) is 12.7 Å². The van der Waals surface area contributed by atoms with E-state index in [0.717, 1.165) is 36.0 Å². The number of furan rings is 1. The van der Waals surface area contributed by atoms with Crippen molar-refractivity contribution < 1.29 is 9.15 Å². The Kier molecular flexibility index (Phi) is 3.35. The Morgan fingerprint density at radius 2 is 2.22 bits per heavy atom. The van der Waals surface area contributed by atoms with Gasteiger partial charge in [0, 0.05) is 23.6 Å².